The zero-order valence-electron chi connectivity index (χ0n) is 13.9. The van der Waals surface area contributed by atoms with Crippen LogP contribution < -0.4 is 5.73 Å². The summed E-state index contributed by atoms with van der Waals surface area (Å²) >= 11 is 6.30. The van der Waals surface area contributed by atoms with Crippen molar-refractivity contribution in [3.8, 4) is 22.6 Å². The second kappa shape index (κ2) is 6.41. The van der Waals surface area contributed by atoms with Gasteiger partial charge in [-0.2, -0.15) is 5.10 Å². The Bertz CT molecular complexity index is 1200. The van der Waals surface area contributed by atoms with E-state index in [0.717, 1.165) is 22.0 Å². The molecule has 134 valence electrons. The number of rotatable bonds is 3. The fourth-order valence-corrected chi connectivity index (χ4v) is 3.23. The first kappa shape index (κ1) is 17.1. The van der Waals surface area contributed by atoms with E-state index in [1.165, 1.54) is 24.3 Å². The molecule has 0 unspecified atom stereocenters. The molecule has 3 aromatic carbocycles. The van der Waals surface area contributed by atoms with Gasteiger partial charge in [-0.15, -0.1) is 0 Å². The molecule has 27 heavy (non-hydrogen) atoms. The third-order valence-corrected chi connectivity index (χ3v) is 4.62. The van der Waals surface area contributed by atoms with E-state index >= 15 is 0 Å². The molecule has 0 aliphatic carbocycles. The van der Waals surface area contributed by atoms with Crippen molar-refractivity contribution >= 4 is 28.4 Å². The smallest absolute Gasteiger partial charge is 0.248 e. The van der Waals surface area contributed by atoms with Crippen LogP contribution in [0.1, 0.15) is 10.4 Å². The molecule has 0 aliphatic heterocycles. The molecule has 4 rings (SSSR count). The zero-order valence-corrected chi connectivity index (χ0v) is 14.6. The Hall–Kier alpha value is -3.38. The van der Waals surface area contributed by atoms with E-state index < -0.39 is 17.5 Å². The lowest BCUT2D eigenvalue weighted by Crippen LogP contribution is -2.10. The van der Waals surface area contributed by atoms with Crippen LogP contribution in [0.3, 0.4) is 0 Å². The van der Waals surface area contributed by atoms with Gasteiger partial charge in [-0.1, -0.05) is 23.7 Å². The molecule has 1 aromatic heterocycles. The quantitative estimate of drug-likeness (QED) is 0.555. The predicted octanol–water partition coefficient (Wildman–Crippen LogP) is 4.29. The van der Waals surface area contributed by atoms with Crippen LogP contribution in [0.25, 0.3) is 27.7 Å². The molecule has 0 atom stereocenters. The summed E-state index contributed by atoms with van der Waals surface area (Å²) in [5, 5.41) is 15.2. The second-order valence-electron chi connectivity index (χ2n) is 6.02. The minimum absolute atomic E-state index is 0.341. The molecular formula is C20H13ClFN3O2. The highest BCUT2D eigenvalue weighted by atomic mass is 35.5. The average Bonchev–Trinajstić information content (AvgIpc) is 3.07. The summed E-state index contributed by atoms with van der Waals surface area (Å²) in [6.45, 7) is 0. The molecule has 0 saturated carbocycles. The first-order valence-corrected chi connectivity index (χ1v) is 8.38. The number of hydrogen-bond donors (Lipinski definition) is 2. The number of halogens is 2. The van der Waals surface area contributed by atoms with E-state index in [9.17, 15) is 14.3 Å². The summed E-state index contributed by atoms with van der Waals surface area (Å²) in [5.41, 5.74) is 8.56. The first-order chi connectivity index (χ1) is 12.9. The lowest BCUT2D eigenvalue weighted by molar-refractivity contribution is 0.100. The van der Waals surface area contributed by atoms with Crippen molar-refractivity contribution in [1.29, 1.82) is 0 Å². The molecule has 1 heterocycles. The van der Waals surface area contributed by atoms with Crippen molar-refractivity contribution in [2.45, 2.75) is 0 Å². The number of fused-ring (bicyclic) bond motifs is 1. The maximum Gasteiger partial charge on any atom is 0.248 e. The van der Waals surface area contributed by atoms with Crippen LogP contribution in [0, 0.1) is 5.82 Å². The first-order valence-electron chi connectivity index (χ1n) is 8.00. The number of primary amides is 1. The summed E-state index contributed by atoms with van der Waals surface area (Å²) in [6, 6.07) is 14.6. The Morgan fingerprint density at radius 3 is 2.63 bits per heavy atom. The minimum atomic E-state index is -0.688. The van der Waals surface area contributed by atoms with E-state index in [2.05, 4.69) is 5.10 Å². The van der Waals surface area contributed by atoms with Crippen LogP contribution in [-0.4, -0.2) is 20.8 Å². The Morgan fingerprint density at radius 1 is 1.11 bits per heavy atom. The van der Waals surface area contributed by atoms with Gasteiger partial charge >= 0.3 is 0 Å². The van der Waals surface area contributed by atoms with Crippen LogP contribution in [0.2, 0.25) is 5.02 Å². The molecule has 0 fully saturated rings. The van der Waals surface area contributed by atoms with E-state index in [1.807, 2.05) is 18.2 Å². The lowest BCUT2D eigenvalue weighted by Gasteiger charge is -2.08. The van der Waals surface area contributed by atoms with Crippen molar-refractivity contribution in [1.82, 2.24) is 9.78 Å². The molecule has 0 saturated heterocycles. The maximum atomic E-state index is 13.3. The molecule has 0 radical (unpaired) electrons. The van der Waals surface area contributed by atoms with Crippen LogP contribution in [-0.2, 0) is 0 Å². The Kier molecular flexibility index (Phi) is 4.05. The third kappa shape index (κ3) is 3.00. The number of amides is 1. The normalized spacial score (nSPS) is 11.0. The highest BCUT2D eigenvalue weighted by Gasteiger charge is 2.11. The SMILES string of the molecule is NC(=O)c1ccc(-c2ccc3c(cnn3-c3ccc(F)c(O)c3)c2)c(Cl)c1. The molecule has 0 bridgehead atoms. The summed E-state index contributed by atoms with van der Waals surface area (Å²) in [4.78, 5) is 11.3. The molecule has 5 nitrogen and oxygen atoms in total. The van der Waals surface area contributed by atoms with E-state index in [-0.39, 0.29) is 0 Å². The van der Waals surface area contributed by atoms with Gasteiger partial charge in [-0.05, 0) is 42.0 Å². The van der Waals surface area contributed by atoms with Crippen molar-refractivity contribution in [2.24, 2.45) is 5.73 Å². The summed E-state index contributed by atoms with van der Waals surface area (Å²) in [7, 11) is 0. The van der Waals surface area contributed by atoms with E-state index in [1.54, 1.807) is 23.0 Å². The molecular weight excluding hydrogens is 369 g/mol. The van der Waals surface area contributed by atoms with Crippen molar-refractivity contribution in [3.63, 3.8) is 0 Å². The highest BCUT2D eigenvalue weighted by molar-refractivity contribution is 6.33. The molecule has 0 aliphatic rings. The summed E-state index contributed by atoms with van der Waals surface area (Å²) < 4.78 is 14.9. The lowest BCUT2D eigenvalue weighted by atomic mass is 10.0. The number of nitrogens with zero attached hydrogens (tertiary/aromatic N) is 2. The number of aromatic hydroxyl groups is 1. The summed E-state index contributed by atoms with van der Waals surface area (Å²) in [5.74, 6) is -1.66. The fraction of sp³-hybridized carbons (Fsp3) is 0. The topological polar surface area (TPSA) is 81.1 Å². The van der Waals surface area contributed by atoms with E-state index in [0.29, 0.717) is 16.3 Å². The monoisotopic (exact) mass is 381 g/mol. The average molecular weight is 382 g/mol. The Labute approximate surface area is 158 Å². The molecule has 3 N–H and O–H groups in total. The van der Waals surface area contributed by atoms with Gasteiger partial charge in [0.2, 0.25) is 5.91 Å². The molecule has 7 heteroatoms. The number of carbonyl (C=O) groups excluding carboxylic acids is 1. The van der Waals surface area contributed by atoms with Gasteiger partial charge in [0, 0.05) is 27.6 Å². The van der Waals surface area contributed by atoms with Crippen molar-refractivity contribution in [3.05, 3.63) is 77.2 Å². The van der Waals surface area contributed by atoms with Gasteiger partial charge in [0.25, 0.3) is 0 Å². The number of carbonyl (C=O) groups is 1. The van der Waals surface area contributed by atoms with Gasteiger partial charge in [0.1, 0.15) is 0 Å². The van der Waals surface area contributed by atoms with Crippen molar-refractivity contribution in [2.75, 3.05) is 0 Å². The van der Waals surface area contributed by atoms with Gasteiger partial charge < -0.3 is 10.8 Å². The molecule has 0 spiro atoms. The van der Waals surface area contributed by atoms with Crippen molar-refractivity contribution < 1.29 is 14.3 Å². The Morgan fingerprint density at radius 2 is 1.93 bits per heavy atom. The standard InChI is InChI=1S/C20H13ClFN3O2/c21-16-8-12(20(23)27)1-4-15(16)11-2-6-18-13(7-11)10-24-25(18)14-3-5-17(22)19(26)9-14/h1-10,26H,(H2,23,27). The Balaban J connectivity index is 1.78. The van der Waals surface area contributed by atoms with Gasteiger partial charge in [0.15, 0.2) is 11.6 Å². The van der Waals surface area contributed by atoms with Crippen LogP contribution >= 0.6 is 11.6 Å². The largest absolute Gasteiger partial charge is 0.505 e. The number of phenolic OH excluding ortho intramolecular Hbond substituents is 1. The zero-order chi connectivity index (χ0) is 19.1. The minimum Gasteiger partial charge on any atom is -0.505 e. The summed E-state index contributed by atoms with van der Waals surface area (Å²) in [6.07, 6.45) is 1.67. The maximum absolute atomic E-state index is 13.3. The number of benzene rings is 3. The number of aromatic nitrogens is 2. The molecule has 1 amide bonds. The highest BCUT2D eigenvalue weighted by Crippen LogP contribution is 2.32. The number of hydrogen-bond acceptors (Lipinski definition) is 3. The van der Waals surface area contributed by atoms with E-state index in [4.69, 9.17) is 17.3 Å². The number of nitrogens with two attached hydrogens (primary N) is 1. The van der Waals surface area contributed by atoms with Crippen LogP contribution in [0.5, 0.6) is 5.75 Å². The third-order valence-electron chi connectivity index (χ3n) is 4.31. The predicted molar refractivity (Wildman–Crippen MR) is 102 cm³/mol. The number of phenols is 1. The van der Waals surface area contributed by atoms with Crippen LogP contribution in [0.4, 0.5) is 4.39 Å². The van der Waals surface area contributed by atoms with Gasteiger partial charge in [-0.25, -0.2) is 9.07 Å². The molecule has 4 aromatic rings. The van der Waals surface area contributed by atoms with Gasteiger partial charge in [0.05, 0.1) is 17.4 Å². The van der Waals surface area contributed by atoms with Crippen LogP contribution in [0.15, 0.2) is 60.8 Å². The fourth-order valence-electron chi connectivity index (χ4n) is 2.94. The second-order valence-corrected chi connectivity index (χ2v) is 6.43. The van der Waals surface area contributed by atoms with Gasteiger partial charge in [-0.3, -0.25) is 4.79 Å².